The lowest BCUT2D eigenvalue weighted by Gasteiger charge is -2.06. The highest BCUT2D eigenvalue weighted by Crippen LogP contribution is 2.20. The van der Waals surface area contributed by atoms with E-state index < -0.39 is 27.1 Å². The fraction of sp³-hybridized carbons (Fsp3) is 0.680. The van der Waals surface area contributed by atoms with Gasteiger partial charge in [0, 0.05) is 11.4 Å². The summed E-state index contributed by atoms with van der Waals surface area (Å²) in [5, 5.41) is 2.78. The number of hydrogen-bond donors (Lipinski definition) is 1. The van der Waals surface area contributed by atoms with Gasteiger partial charge < -0.3 is 0 Å². The van der Waals surface area contributed by atoms with E-state index in [1.54, 1.807) is 12.1 Å². The summed E-state index contributed by atoms with van der Waals surface area (Å²) in [6.07, 6.45) is 19.5. The van der Waals surface area contributed by atoms with Gasteiger partial charge in [-0.1, -0.05) is 108 Å². The van der Waals surface area contributed by atoms with Crippen LogP contribution in [0.25, 0.3) is 0 Å². The molecule has 0 unspecified atom stereocenters. The summed E-state index contributed by atoms with van der Waals surface area (Å²) >= 11 is 4.41. The third-order valence-electron chi connectivity index (χ3n) is 5.52. The van der Waals surface area contributed by atoms with E-state index >= 15 is 0 Å². The van der Waals surface area contributed by atoms with Crippen LogP contribution in [0.15, 0.2) is 18.2 Å². The quantitative estimate of drug-likeness (QED) is 0.144. The van der Waals surface area contributed by atoms with Crippen molar-refractivity contribution in [2.75, 3.05) is 0 Å². The van der Waals surface area contributed by atoms with Gasteiger partial charge in [-0.3, -0.25) is 18.0 Å². The summed E-state index contributed by atoms with van der Waals surface area (Å²) in [5.41, 5.74) is 0.236. The van der Waals surface area contributed by atoms with E-state index in [0.717, 1.165) is 19.3 Å². The minimum absolute atomic E-state index is 0.236. The Balaban J connectivity index is 1.99. The average Bonchev–Trinajstić information content (AvgIpc) is 2.76. The van der Waals surface area contributed by atoms with Crippen molar-refractivity contribution in [3.05, 3.63) is 32.4 Å². The first-order valence-corrected chi connectivity index (χ1v) is 14.3. The van der Waals surface area contributed by atoms with Crippen LogP contribution in [-0.4, -0.2) is 11.8 Å². The SMILES string of the molecule is CCCCCCCCCCCCCCCCCC(=O)NC(=O)c1cc(Cl)ccc1I=O. The first-order chi connectivity index (χ1) is 15.1. The van der Waals surface area contributed by atoms with Crippen molar-refractivity contribution in [3.63, 3.8) is 0 Å². The maximum absolute atomic E-state index is 12.2. The molecule has 0 saturated carbocycles. The maximum atomic E-state index is 12.2. The van der Waals surface area contributed by atoms with E-state index in [4.69, 9.17) is 11.6 Å². The van der Waals surface area contributed by atoms with Gasteiger partial charge in [0.1, 0.15) is 0 Å². The van der Waals surface area contributed by atoms with Gasteiger partial charge in [0.05, 0.1) is 9.13 Å². The summed E-state index contributed by atoms with van der Waals surface area (Å²) in [5.74, 6) is -0.797. The van der Waals surface area contributed by atoms with Crippen molar-refractivity contribution in [1.82, 2.24) is 5.32 Å². The second-order valence-corrected chi connectivity index (χ2v) is 10.3. The van der Waals surface area contributed by atoms with E-state index in [1.807, 2.05) is 0 Å². The van der Waals surface area contributed by atoms with Crippen LogP contribution in [0.5, 0.6) is 0 Å². The number of amides is 2. The molecule has 1 aromatic rings. The van der Waals surface area contributed by atoms with E-state index in [1.165, 1.54) is 83.1 Å². The Hall–Kier alpha value is -0.820. The molecular weight excluding hydrogens is 525 g/mol. The third kappa shape index (κ3) is 14.0. The summed E-state index contributed by atoms with van der Waals surface area (Å²) in [6.45, 7) is 2.26. The number of hydrogen-bond acceptors (Lipinski definition) is 3. The monoisotopic (exact) mass is 563 g/mol. The van der Waals surface area contributed by atoms with Gasteiger partial charge in [-0.2, -0.15) is 0 Å². The minimum Gasteiger partial charge on any atom is -0.292 e. The molecule has 0 radical (unpaired) electrons. The number of carbonyl (C=O) groups excluding carboxylic acids is 2. The molecule has 0 aliphatic rings. The highest BCUT2D eigenvalue weighted by Gasteiger charge is 2.15. The molecule has 0 aliphatic carbocycles. The fourth-order valence-corrected chi connectivity index (χ4v) is 4.79. The van der Waals surface area contributed by atoms with Gasteiger partial charge in [-0.15, -0.1) is 0 Å². The minimum atomic E-state index is -1.50. The van der Waals surface area contributed by atoms with Crippen molar-refractivity contribution in [2.45, 2.75) is 110 Å². The zero-order chi connectivity index (χ0) is 22.7. The van der Waals surface area contributed by atoms with Crippen molar-refractivity contribution >= 4 is 44.6 Å². The summed E-state index contributed by atoms with van der Waals surface area (Å²) in [6, 6.07) is 4.64. The van der Waals surface area contributed by atoms with Crippen LogP contribution in [0.3, 0.4) is 0 Å². The Morgan fingerprint density at radius 2 is 1.29 bits per heavy atom. The summed E-state index contributed by atoms with van der Waals surface area (Å²) < 4.78 is 11.7. The first-order valence-electron chi connectivity index (χ1n) is 12.0. The smallest absolute Gasteiger partial charge is 0.259 e. The van der Waals surface area contributed by atoms with E-state index in [9.17, 15) is 12.7 Å². The molecule has 1 rings (SSSR count). The number of halogens is 2. The number of benzene rings is 1. The van der Waals surface area contributed by atoms with Crippen LogP contribution < -0.4 is 5.32 Å². The number of carbonyl (C=O) groups is 2. The highest BCUT2D eigenvalue weighted by atomic mass is 127. The fourth-order valence-electron chi connectivity index (χ4n) is 3.65. The third-order valence-corrected chi connectivity index (χ3v) is 7.17. The predicted octanol–water partition coefficient (Wildman–Crippen LogP) is 8.34. The molecule has 0 heterocycles. The molecule has 0 saturated heterocycles. The molecule has 4 nitrogen and oxygen atoms in total. The highest BCUT2D eigenvalue weighted by molar-refractivity contribution is 14.1. The molecule has 0 spiro atoms. The van der Waals surface area contributed by atoms with Crippen LogP contribution >= 0.6 is 32.8 Å². The second-order valence-electron chi connectivity index (χ2n) is 8.28. The van der Waals surface area contributed by atoms with Gasteiger partial charge in [-0.25, -0.2) is 0 Å². The van der Waals surface area contributed by atoms with E-state index in [2.05, 4.69) is 12.2 Å². The molecule has 176 valence electrons. The molecule has 2 amide bonds. The standard InChI is InChI=1S/C25H39ClINO3/c1-2-3-4-5-6-7-8-9-10-11-12-13-14-15-16-17-24(29)28-25(30)22-20-21(26)18-19-23(22)27-31/h18-20H,2-17H2,1H3,(H,28,29,30). The van der Waals surface area contributed by atoms with E-state index in [-0.39, 0.29) is 11.5 Å². The first kappa shape index (κ1) is 28.2. The molecule has 6 heteroatoms. The number of rotatable bonds is 18. The topological polar surface area (TPSA) is 63.2 Å². The second kappa shape index (κ2) is 18.7. The van der Waals surface area contributed by atoms with Crippen LogP contribution in [-0.2, 0) is 7.86 Å². The van der Waals surface area contributed by atoms with Crippen molar-refractivity contribution in [1.29, 1.82) is 0 Å². The van der Waals surface area contributed by atoms with Gasteiger partial charge in [0.15, 0.2) is 21.2 Å². The Morgan fingerprint density at radius 3 is 1.77 bits per heavy atom. The number of nitrogens with one attached hydrogen (secondary N) is 1. The molecule has 31 heavy (non-hydrogen) atoms. The summed E-state index contributed by atoms with van der Waals surface area (Å²) in [7, 11) is 0. The molecule has 0 fully saturated rings. The molecule has 1 N–H and O–H groups in total. The molecular formula is C25H39ClINO3. The van der Waals surface area contributed by atoms with Crippen molar-refractivity contribution < 1.29 is 12.7 Å². The number of unbranched alkanes of at least 4 members (excludes halogenated alkanes) is 14. The van der Waals surface area contributed by atoms with Crippen LogP contribution in [0.2, 0.25) is 5.02 Å². The molecule has 1 aromatic carbocycles. The average molecular weight is 564 g/mol. The molecule has 0 aromatic heterocycles. The van der Waals surface area contributed by atoms with Gasteiger partial charge >= 0.3 is 0 Å². The van der Waals surface area contributed by atoms with Crippen LogP contribution in [0.1, 0.15) is 120 Å². The zero-order valence-corrected chi connectivity index (χ0v) is 21.9. The molecule has 0 aliphatic heterocycles. The molecule has 0 atom stereocenters. The van der Waals surface area contributed by atoms with Crippen LogP contribution in [0, 0.1) is 3.57 Å². The van der Waals surface area contributed by atoms with E-state index in [0.29, 0.717) is 15.0 Å². The lowest BCUT2D eigenvalue weighted by molar-refractivity contribution is -0.120. The van der Waals surface area contributed by atoms with Gasteiger partial charge in [0.2, 0.25) is 5.91 Å². The van der Waals surface area contributed by atoms with Crippen molar-refractivity contribution in [3.8, 4) is 0 Å². The normalized spacial score (nSPS) is 10.9. The van der Waals surface area contributed by atoms with Gasteiger partial charge in [-0.05, 0) is 24.6 Å². The molecule has 0 bridgehead atoms. The summed E-state index contributed by atoms with van der Waals surface area (Å²) in [4.78, 5) is 24.2. The Kier molecular flexibility index (Phi) is 17.0. The lowest BCUT2D eigenvalue weighted by atomic mass is 10.0. The zero-order valence-electron chi connectivity index (χ0n) is 19.0. The maximum Gasteiger partial charge on any atom is 0.259 e. The Labute approximate surface area is 203 Å². The largest absolute Gasteiger partial charge is 0.292 e. The predicted molar refractivity (Wildman–Crippen MR) is 137 cm³/mol. The number of imide groups is 1. The Bertz CT molecular complexity index is 666. The van der Waals surface area contributed by atoms with Gasteiger partial charge in [0.25, 0.3) is 5.91 Å². The van der Waals surface area contributed by atoms with Crippen LogP contribution in [0.4, 0.5) is 0 Å². The Morgan fingerprint density at radius 1 is 0.806 bits per heavy atom. The van der Waals surface area contributed by atoms with Crippen molar-refractivity contribution in [2.24, 2.45) is 0 Å². The lowest BCUT2D eigenvalue weighted by Crippen LogP contribution is -2.30.